The molecule has 6 heteroatoms. The van der Waals surface area contributed by atoms with E-state index in [4.69, 9.17) is 4.98 Å². The number of carbonyl (C=O) groups excluding carboxylic acids is 1. The molecule has 0 saturated carbocycles. The lowest BCUT2D eigenvalue weighted by atomic mass is 10.2. The number of aromatic nitrogens is 2. The molecule has 2 aromatic carbocycles. The molecule has 26 heavy (non-hydrogen) atoms. The molecule has 2 heterocycles. The maximum Gasteiger partial charge on any atom is 0.322 e. The molecule has 0 aliphatic carbocycles. The normalized spacial score (nSPS) is 17.0. The molecule has 134 valence electrons. The molecule has 1 aliphatic rings. The maximum absolute atomic E-state index is 12.9. The van der Waals surface area contributed by atoms with Crippen LogP contribution in [0.15, 0.2) is 53.0 Å². The van der Waals surface area contributed by atoms with Gasteiger partial charge in [0.05, 0.1) is 17.1 Å². The van der Waals surface area contributed by atoms with E-state index in [1.807, 2.05) is 47.4 Å². The van der Waals surface area contributed by atoms with E-state index in [1.54, 1.807) is 0 Å². The van der Waals surface area contributed by atoms with Crippen molar-refractivity contribution in [2.24, 2.45) is 0 Å². The lowest BCUT2D eigenvalue weighted by Crippen LogP contribution is -2.35. The fraction of sp³-hybridized carbons (Fsp3) is 0.300. The summed E-state index contributed by atoms with van der Waals surface area (Å²) in [5.74, 6) is 0.983. The first-order valence-corrected chi connectivity index (χ1v) is 9.75. The minimum Gasteiger partial charge on any atom is -0.327 e. The number of halogens is 1. The van der Waals surface area contributed by atoms with Gasteiger partial charge in [-0.2, -0.15) is 0 Å². The summed E-state index contributed by atoms with van der Waals surface area (Å²) in [5, 5.41) is 3.01. The van der Waals surface area contributed by atoms with E-state index >= 15 is 0 Å². The highest BCUT2D eigenvalue weighted by atomic mass is 79.9. The lowest BCUT2D eigenvalue weighted by molar-refractivity contribution is 0.204. The van der Waals surface area contributed by atoms with Gasteiger partial charge in [-0.1, -0.05) is 28.1 Å². The summed E-state index contributed by atoms with van der Waals surface area (Å²) in [7, 11) is 0. The van der Waals surface area contributed by atoms with Gasteiger partial charge in [-0.15, -0.1) is 0 Å². The monoisotopic (exact) mass is 412 g/mol. The molecule has 1 fully saturated rings. The van der Waals surface area contributed by atoms with Crippen LogP contribution in [0, 0.1) is 0 Å². The lowest BCUT2D eigenvalue weighted by Gasteiger charge is -2.25. The number of anilines is 1. The van der Waals surface area contributed by atoms with Crippen LogP contribution in [0.1, 0.15) is 31.6 Å². The molecule has 2 amide bonds. The van der Waals surface area contributed by atoms with E-state index in [0.29, 0.717) is 0 Å². The number of urea groups is 1. The minimum absolute atomic E-state index is 0.0119. The van der Waals surface area contributed by atoms with Gasteiger partial charge in [-0.05, 0) is 56.2 Å². The maximum atomic E-state index is 12.9. The molecule has 0 bridgehead atoms. The van der Waals surface area contributed by atoms with Crippen LogP contribution in [0.4, 0.5) is 10.5 Å². The number of nitrogens with zero attached hydrogens (tertiary/aromatic N) is 3. The molecule has 4 rings (SSSR count). The summed E-state index contributed by atoms with van der Waals surface area (Å²) in [4.78, 5) is 19.6. The Hall–Kier alpha value is -2.34. The van der Waals surface area contributed by atoms with Crippen LogP contribution in [0.3, 0.4) is 0 Å². The first-order valence-electron chi connectivity index (χ1n) is 8.95. The van der Waals surface area contributed by atoms with E-state index in [1.165, 1.54) is 0 Å². The van der Waals surface area contributed by atoms with Gasteiger partial charge in [0, 0.05) is 23.2 Å². The summed E-state index contributed by atoms with van der Waals surface area (Å²) >= 11 is 3.42. The molecule has 1 aliphatic heterocycles. The summed E-state index contributed by atoms with van der Waals surface area (Å²) in [5.41, 5.74) is 2.92. The number of likely N-dealkylation sites (tertiary alicyclic amines) is 1. The first kappa shape index (κ1) is 17.1. The number of hydrogen-bond donors (Lipinski definition) is 1. The average molecular weight is 413 g/mol. The van der Waals surface area contributed by atoms with Crippen LogP contribution in [0.2, 0.25) is 0 Å². The van der Waals surface area contributed by atoms with Crippen molar-refractivity contribution in [1.29, 1.82) is 0 Å². The number of para-hydroxylation sites is 2. The second kappa shape index (κ2) is 7.11. The molecule has 1 atom stereocenters. The molecule has 0 radical (unpaired) electrons. The molecular weight excluding hydrogens is 392 g/mol. The Morgan fingerprint density at radius 2 is 2.00 bits per heavy atom. The van der Waals surface area contributed by atoms with Gasteiger partial charge in [0.15, 0.2) is 0 Å². The minimum atomic E-state index is -0.0652. The number of amides is 2. The summed E-state index contributed by atoms with van der Waals surface area (Å²) in [6, 6.07) is 15.8. The van der Waals surface area contributed by atoms with E-state index in [-0.39, 0.29) is 12.1 Å². The van der Waals surface area contributed by atoms with Crippen molar-refractivity contribution in [3.63, 3.8) is 0 Å². The first-order chi connectivity index (χ1) is 12.7. The zero-order valence-corrected chi connectivity index (χ0v) is 16.2. The van der Waals surface area contributed by atoms with Gasteiger partial charge in [0.25, 0.3) is 0 Å². The van der Waals surface area contributed by atoms with Gasteiger partial charge in [0.2, 0.25) is 0 Å². The number of nitrogens with one attached hydrogen (secondary N) is 1. The molecular formula is C20H21BrN4O. The van der Waals surface area contributed by atoms with Crippen molar-refractivity contribution in [3.05, 3.63) is 58.8 Å². The molecule has 3 aromatic rings. The van der Waals surface area contributed by atoms with Gasteiger partial charge in [-0.25, -0.2) is 9.78 Å². The predicted molar refractivity (Wildman–Crippen MR) is 107 cm³/mol. The van der Waals surface area contributed by atoms with Gasteiger partial charge >= 0.3 is 6.03 Å². The fourth-order valence-electron chi connectivity index (χ4n) is 3.69. The number of imidazole rings is 1. The number of aryl methyl sites for hydroxylation is 1. The summed E-state index contributed by atoms with van der Waals surface area (Å²) in [6.07, 6.45) is 1.93. The van der Waals surface area contributed by atoms with Gasteiger partial charge in [-0.3, -0.25) is 0 Å². The van der Waals surface area contributed by atoms with Crippen molar-refractivity contribution in [2.45, 2.75) is 32.4 Å². The van der Waals surface area contributed by atoms with Crippen molar-refractivity contribution in [1.82, 2.24) is 14.5 Å². The number of carbonyl (C=O) groups is 1. The molecule has 0 spiro atoms. The highest BCUT2D eigenvalue weighted by molar-refractivity contribution is 9.10. The Kier molecular flexibility index (Phi) is 4.68. The SMILES string of the molecule is CCn1c(C2CCCN2C(=O)Nc2ccc(Br)cc2)nc2ccccc21. The second-order valence-corrected chi connectivity index (χ2v) is 7.41. The second-order valence-electron chi connectivity index (χ2n) is 6.49. The van der Waals surface area contributed by atoms with Crippen LogP contribution in [-0.4, -0.2) is 27.0 Å². The van der Waals surface area contributed by atoms with Crippen LogP contribution < -0.4 is 5.32 Å². The number of fused-ring (bicyclic) bond motifs is 1. The van der Waals surface area contributed by atoms with Gasteiger partial charge in [0.1, 0.15) is 5.82 Å². The van der Waals surface area contributed by atoms with E-state index in [0.717, 1.165) is 52.9 Å². The molecule has 1 N–H and O–H groups in total. The molecule has 1 aromatic heterocycles. The topological polar surface area (TPSA) is 50.2 Å². The van der Waals surface area contributed by atoms with Crippen LogP contribution in [0.25, 0.3) is 11.0 Å². The quantitative estimate of drug-likeness (QED) is 0.643. The van der Waals surface area contributed by atoms with Crippen molar-refractivity contribution in [2.75, 3.05) is 11.9 Å². The molecule has 5 nitrogen and oxygen atoms in total. The third kappa shape index (κ3) is 3.09. The smallest absolute Gasteiger partial charge is 0.322 e. The average Bonchev–Trinajstić information content (AvgIpc) is 3.27. The predicted octanol–water partition coefficient (Wildman–Crippen LogP) is 5.19. The summed E-state index contributed by atoms with van der Waals surface area (Å²) < 4.78 is 3.22. The Labute approximate surface area is 161 Å². The van der Waals surface area contributed by atoms with Crippen LogP contribution >= 0.6 is 15.9 Å². The van der Waals surface area contributed by atoms with Crippen molar-refractivity contribution >= 4 is 38.7 Å². The number of hydrogen-bond acceptors (Lipinski definition) is 2. The summed E-state index contributed by atoms with van der Waals surface area (Å²) in [6.45, 7) is 3.72. The van der Waals surface area contributed by atoms with Crippen LogP contribution in [-0.2, 0) is 6.54 Å². The molecule has 1 saturated heterocycles. The van der Waals surface area contributed by atoms with E-state index < -0.39 is 0 Å². The van der Waals surface area contributed by atoms with Crippen LogP contribution in [0.5, 0.6) is 0 Å². The third-order valence-corrected chi connectivity index (χ3v) is 5.44. The highest BCUT2D eigenvalue weighted by Crippen LogP contribution is 2.34. The zero-order valence-electron chi connectivity index (χ0n) is 14.7. The van der Waals surface area contributed by atoms with E-state index in [2.05, 4.69) is 38.8 Å². The zero-order chi connectivity index (χ0) is 18.1. The number of rotatable bonds is 3. The Bertz CT molecular complexity index is 935. The Morgan fingerprint density at radius 1 is 1.23 bits per heavy atom. The van der Waals surface area contributed by atoms with Crippen molar-refractivity contribution < 1.29 is 4.79 Å². The fourth-order valence-corrected chi connectivity index (χ4v) is 3.95. The highest BCUT2D eigenvalue weighted by Gasteiger charge is 2.33. The van der Waals surface area contributed by atoms with Gasteiger partial charge < -0.3 is 14.8 Å². The van der Waals surface area contributed by atoms with Crippen molar-refractivity contribution in [3.8, 4) is 0 Å². The Morgan fingerprint density at radius 3 is 2.77 bits per heavy atom. The van der Waals surface area contributed by atoms with E-state index in [9.17, 15) is 4.79 Å². The third-order valence-electron chi connectivity index (χ3n) is 4.91. The molecule has 1 unspecified atom stereocenters. The Balaban J connectivity index is 1.62. The standard InChI is InChI=1S/C20H21BrN4O/c1-2-24-17-7-4-3-6-16(17)23-19(24)18-8-5-13-25(18)20(26)22-15-11-9-14(21)10-12-15/h3-4,6-7,9-12,18H,2,5,8,13H2,1H3,(H,22,26). The number of benzene rings is 2. The largest absolute Gasteiger partial charge is 0.327 e.